The Balaban J connectivity index is 1.66. The summed E-state index contributed by atoms with van der Waals surface area (Å²) >= 11 is 9.69. The summed E-state index contributed by atoms with van der Waals surface area (Å²) in [6.07, 6.45) is 0. The lowest BCUT2D eigenvalue weighted by atomic mass is 10.0. The van der Waals surface area contributed by atoms with Gasteiger partial charge in [0.2, 0.25) is 0 Å². The first-order valence-corrected chi connectivity index (χ1v) is 11.2. The van der Waals surface area contributed by atoms with E-state index in [0.29, 0.717) is 27.2 Å². The van der Waals surface area contributed by atoms with Gasteiger partial charge in [0.15, 0.2) is 12.4 Å². The predicted octanol–water partition coefficient (Wildman–Crippen LogP) is 6.57. The number of aromatic nitrogens is 1. The van der Waals surface area contributed by atoms with Crippen molar-refractivity contribution in [1.29, 1.82) is 0 Å². The SMILES string of the molecule is Cc1c(Cl)ccc2c(C(=O)OCC(=O)c3ccc([N+](=O)[O-])cc3)cc(-c3ccc(Br)cc3)nc12. The number of non-ortho nitro benzene ring substituents is 1. The first-order chi connectivity index (χ1) is 16.2. The van der Waals surface area contributed by atoms with Crippen molar-refractivity contribution < 1.29 is 19.2 Å². The highest BCUT2D eigenvalue weighted by molar-refractivity contribution is 9.10. The Kier molecular flexibility index (Phi) is 6.72. The van der Waals surface area contributed by atoms with Gasteiger partial charge in [0.25, 0.3) is 5.69 Å². The fourth-order valence-corrected chi connectivity index (χ4v) is 3.82. The lowest BCUT2D eigenvalue weighted by Crippen LogP contribution is -2.15. The lowest BCUT2D eigenvalue weighted by Gasteiger charge is -2.12. The molecule has 1 aromatic heterocycles. The number of benzene rings is 3. The molecule has 0 bridgehead atoms. The molecular weight excluding hydrogens is 524 g/mol. The molecule has 34 heavy (non-hydrogen) atoms. The first-order valence-electron chi connectivity index (χ1n) is 10.0. The molecule has 0 N–H and O–H groups in total. The van der Waals surface area contributed by atoms with Crippen molar-refractivity contribution in [2.45, 2.75) is 6.92 Å². The number of ketones is 1. The van der Waals surface area contributed by atoms with Gasteiger partial charge in [-0.25, -0.2) is 9.78 Å². The average Bonchev–Trinajstić information content (AvgIpc) is 2.84. The van der Waals surface area contributed by atoms with Gasteiger partial charge in [-0.3, -0.25) is 14.9 Å². The molecule has 0 spiro atoms. The molecule has 0 amide bonds. The molecule has 0 radical (unpaired) electrons. The smallest absolute Gasteiger partial charge is 0.339 e. The average molecular weight is 540 g/mol. The fourth-order valence-electron chi connectivity index (χ4n) is 3.40. The summed E-state index contributed by atoms with van der Waals surface area (Å²) in [5, 5.41) is 11.9. The number of nitro groups is 1. The normalized spacial score (nSPS) is 10.8. The highest BCUT2D eigenvalue weighted by Crippen LogP contribution is 2.31. The van der Waals surface area contributed by atoms with E-state index in [0.717, 1.165) is 10.0 Å². The van der Waals surface area contributed by atoms with Gasteiger partial charge in [-0.2, -0.15) is 0 Å². The van der Waals surface area contributed by atoms with Crippen molar-refractivity contribution in [3.63, 3.8) is 0 Å². The Labute approximate surface area is 207 Å². The Bertz CT molecular complexity index is 1440. The summed E-state index contributed by atoms with van der Waals surface area (Å²) < 4.78 is 6.22. The van der Waals surface area contributed by atoms with Crippen LogP contribution in [0, 0.1) is 17.0 Å². The quantitative estimate of drug-likeness (QED) is 0.119. The maximum Gasteiger partial charge on any atom is 0.339 e. The van der Waals surface area contributed by atoms with E-state index in [2.05, 4.69) is 15.9 Å². The second kappa shape index (κ2) is 9.70. The number of rotatable bonds is 6. The first kappa shape index (κ1) is 23.5. The molecule has 0 aliphatic rings. The van der Waals surface area contributed by atoms with E-state index in [1.807, 2.05) is 31.2 Å². The van der Waals surface area contributed by atoms with Crippen LogP contribution in [0.5, 0.6) is 0 Å². The highest BCUT2D eigenvalue weighted by atomic mass is 79.9. The molecule has 9 heteroatoms. The van der Waals surface area contributed by atoms with E-state index in [1.54, 1.807) is 18.2 Å². The van der Waals surface area contributed by atoms with Crippen molar-refractivity contribution in [3.8, 4) is 11.3 Å². The molecule has 0 aliphatic heterocycles. The number of carbonyl (C=O) groups excluding carboxylic acids is 2. The van der Waals surface area contributed by atoms with Crippen LogP contribution >= 0.6 is 27.5 Å². The third-order valence-electron chi connectivity index (χ3n) is 5.26. The number of carbonyl (C=O) groups is 2. The molecule has 170 valence electrons. The number of hydrogen-bond acceptors (Lipinski definition) is 6. The monoisotopic (exact) mass is 538 g/mol. The number of nitro benzene ring substituents is 1. The Morgan fingerprint density at radius 1 is 1.06 bits per heavy atom. The predicted molar refractivity (Wildman–Crippen MR) is 132 cm³/mol. The second-order valence-corrected chi connectivity index (χ2v) is 8.76. The molecule has 0 aliphatic carbocycles. The van der Waals surface area contributed by atoms with Gasteiger partial charge in [0.05, 0.1) is 21.7 Å². The summed E-state index contributed by atoms with van der Waals surface area (Å²) in [5.74, 6) is -1.17. The maximum atomic E-state index is 13.0. The van der Waals surface area contributed by atoms with Gasteiger partial charge in [-0.05, 0) is 48.9 Å². The standard InChI is InChI=1S/C25H16BrClN2O5/c1-14-21(27)11-10-19-20(12-22(28-24(14)19)15-2-6-17(26)7-3-15)25(31)34-13-23(30)16-4-8-18(9-5-16)29(32)33/h2-12H,13H2,1H3. The van der Waals surface area contributed by atoms with Crippen molar-refractivity contribution in [3.05, 3.63) is 103 Å². The zero-order chi connectivity index (χ0) is 24.4. The van der Waals surface area contributed by atoms with Crippen molar-refractivity contribution >= 4 is 55.9 Å². The lowest BCUT2D eigenvalue weighted by molar-refractivity contribution is -0.384. The van der Waals surface area contributed by atoms with E-state index >= 15 is 0 Å². The van der Waals surface area contributed by atoms with Gasteiger partial charge in [-0.15, -0.1) is 0 Å². The Morgan fingerprint density at radius 2 is 1.74 bits per heavy atom. The number of fused-ring (bicyclic) bond motifs is 1. The molecule has 0 saturated carbocycles. The van der Waals surface area contributed by atoms with Crippen LogP contribution in [0.25, 0.3) is 22.2 Å². The zero-order valence-electron chi connectivity index (χ0n) is 17.7. The van der Waals surface area contributed by atoms with Gasteiger partial charge in [-0.1, -0.05) is 45.7 Å². The molecular formula is C25H16BrClN2O5. The molecule has 7 nitrogen and oxygen atoms in total. The number of Topliss-reactive ketones (excluding diaryl/α,β-unsaturated/α-hetero) is 1. The topological polar surface area (TPSA) is 99.4 Å². The summed E-state index contributed by atoms with van der Waals surface area (Å²) in [6.45, 7) is 1.30. The molecule has 1 heterocycles. The minimum Gasteiger partial charge on any atom is -0.454 e. The number of nitrogens with zero attached hydrogens (tertiary/aromatic N) is 2. The number of hydrogen-bond donors (Lipinski definition) is 0. The minimum atomic E-state index is -0.692. The van der Waals surface area contributed by atoms with Gasteiger partial charge in [0, 0.05) is 38.1 Å². The maximum absolute atomic E-state index is 13.0. The molecule has 0 saturated heterocycles. The van der Waals surface area contributed by atoms with Crippen LogP contribution < -0.4 is 0 Å². The summed E-state index contributed by atoms with van der Waals surface area (Å²) in [5.41, 5.74) is 2.94. The van der Waals surface area contributed by atoms with Crippen molar-refractivity contribution in [2.24, 2.45) is 0 Å². The van der Waals surface area contributed by atoms with E-state index in [-0.39, 0.29) is 16.8 Å². The molecule has 3 aromatic carbocycles. The summed E-state index contributed by atoms with van der Waals surface area (Å²) in [4.78, 5) is 40.4. The number of pyridine rings is 1. The Hall–Kier alpha value is -3.62. The number of esters is 1. The van der Waals surface area contributed by atoms with E-state index in [1.165, 1.54) is 24.3 Å². The number of ether oxygens (including phenoxy) is 1. The second-order valence-electron chi connectivity index (χ2n) is 7.43. The highest BCUT2D eigenvalue weighted by Gasteiger charge is 2.19. The molecule has 0 atom stereocenters. The fraction of sp³-hybridized carbons (Fsp3) is 0.0800. The minimum absolute atomic E-state index is 0.133. The molecule has 0 fully saturated rings. The van der Waals surface area contributed by atoms with Crippen LogP contribution in [0.3, 0.4) is 0 Å². The van der Waals surface area contributed by atoms with Gasteiger partial charge >= 0.3 is 5.97 Å². The van der Waals surface area contributed by atoms with Crippen LogP contribution in [0.2, 0.25) is 5.02 Å². The van der Waals surface area contributed by atoms with Crippen LogP contribution in [-0.2, 0) is 4.74 Å². The third-order valence-corrected chi connectivity index (χ3v) is 6.20. The van der Waals surface area contributed by atoms with Crippen LogP contribution in [-0.4, -0.2) is 28.3 Å². The van der Waals surface area contributed by atoms with Crippen molar-refractivity contribution in [1.82, 2.24) is 4.98 Å². The van der Waals surface area contributed by atoms with Crippen LogP contribution in [0.1, 0.15) is 26.3 Å². The molecule has 4 rings (SSSR count). The van der Waals surface area contributed by atoms with Crippen LogP contribution in [0.15, 0.2) is 71.2 Å². The Morgan fingerprint density at radius 3 is 2.38 bits per heavy atom. The largest absolute Gasteiger partial charge is 0.454 e. The molecule has 4 aromatic rings. The molecule has 0 unspecified atom stereocenters. The van der Waals surface area contributed by atoms with Gasteiger partial charge < -0.3 is 4.74 Å². The van der Waals surface area contributed by atoms with E-state index in [9.17, 15) is 19.7 Å². The summed E-state index contributed by atoms with van der Waals surface area (Å²) in [6, 6.07) is 17.6. The third kappa shape index (κ3) is 4.83. The van der Waals surface area contributed by atoms with Crippen molar-refractivity contribution in [2.75, 3.05) is 6.61 Å². The van der Waals surface area contributed by atoms with Crippen LogP contribution in [0.4, 0.5) is 5.69 Å². The van der Waals surface area contributed by atoms with E-state index < -0.39 is 23.3 Å². The summed E-state index contributed by atoms with van der Waals surface area (Å²) in [7, 11) is 0. The number of halogens is 2. The van der Waals surface area contributed by atoms with Gasteiger partial charge in [0.1, 0.15) is 0 Å². The number of aryl methyl sites for hydroxylation is 1. The zero-order valence-corrected chi connectivity index (χ0v) is 20.1. The van der Waals surface area contributed by atoms with E-state index in [4.69, 9.17) is 21.3 Å².